The molecule has 4 nitrogen and oxygen atoms in total. The van der Waals surface area contributed by atoms with Gasteiger partial charge in [0.1, 0.15) is 6.04 Å². The molecule has 0 aliphatic carbocycles. The molecule has 2 rings (SSSR count). The van der Waals surface area contributed by atoms with Crippen LogP contribution in [0.3, 0.4) is 0 Å². The first-order valence-corrected chi connectivity index (χ1v) is 4.92. The predicted octanol–water partition coefficient (Wildman–Crippen LogP) is 0.244. The van der Waals surface area contributed by atoms with Crippen molar-refractivity contribution in [2.75, 3.05) is 26.7 Å². The highest BCUT2D eigenvalue weighted by Crippen LogP contribution is 2.23. The highest BCUT2D eigenvalue weighted by Gasteiger charge is 2.36. The molecular formula is C9H16N2O2. The lowest BCUT2D eigenvalue weighted by Gasteiger charge is -2.40. The third kappa shape index (κ3) is 1.56. The quantitative estimate of drug-likeness (QED) is 0.576. The van der Waals surface area contributed by atoms with E-state index >= 15 is 0 Å². The number of carbonyl (C=O) groups is 1. The van der Waals surface area contributed by atoms with Crippen molar-refractivity contribution in [3.63, 3.8) is 0 Å². The molecule has 4 heteroatoms. The molecule has 0 aromatic rings. The van der Waals surface area contributed by atoms with Gasteiger partial charge in [-0.25, -0.2) is 10.0 Å². The number of ether oxygens (including phenoxy) is 1. The van der Waals surface area contributed by atoms with Crippen LogP contribution in [0.4, 0.5) is 0 Å². The minimum absolute atomic E-state index is 0.00898. The average Bonchev–Trinajstić information content (AvgIpc) is 2.49. The number of hydrazine groups is 1. The van der Waals surface area contributed by atoms with Gasteiger partial charge in [0.05, 0.1) is 7.11 Å². The summed E-state index contributed by atoms with van der Waals surface area (Å²) in [5.41, 5.74) is 0. The van der Waals surface area contributed by atoms with E-state index in [4.69, 9.17) is 4.74 Å². The number of methoxy groups -OCH3 is 1. The topological polar surface area (TPSA) is 32.8 Å². The second-order valence-electron chi connectivity index (χ2n) is 3.65. The molecule has 0 unspecified atom stereocenters. The number of hydrogen-bond donors (Lipinski definition) is 0. The van der Waals surface area contributed by atoms with Crippen LogP contribution in [0.5, 0.6) is 0 Å². The lowest BCUT2D eigenvalue weighted by Crippen LogP contribution is -2.54. The van der Waals surface area contributed by atoms with Crippen molar-refractivity contribution < 1.29 is 9.53 Å². The lowest BCUT2D eigenvalue weighted by atomic mass is 10.2. The lowest BCUT2D eigenvalue weighted by molar-refractivity contribution is -0.158. The van der Waals surface area contributed by atoms with Gasteiger partial charge >= 0.3 is 5.97 Å². The van der Waals surface area contributed by atoms with Gasteiger partial charge in [0, 0.05) is 19.6 Å². The Morgan fingerprint density at radius 2 is 2.08 bits per heavy atom. The minimum Gasteiger partial charge on any atom is -0.468 e. The molecule has 2 aliphatic heterocycles. The number of carbonyl (C=O) groups excluding carboxylic acids is 1. The monoisotopic (exact) mass is 184 g/mol. The van der Waals surface area contributed by atoms with Gasteiger partial charge in [-0.2, -0.15) is 0 Å². The standard InChI is InChI=1S/C9H16N2O2/c1-13-9(12)8-4-2-7-11(8)10-5-3-6-10/h8H,2-7H2,1H3/t8-/m1/s1. The minimum atomic E-state index is -0.0793. The summed E-state index contributed by atoms with van der Waals surface area (Å²) in [6, 6.07) is -0.00898. The SMILES string of the molecule is COC(=O)[C@H]1CCCN1N1CCC1. The van der Waals surface area contributed by atoms with Crippen LogP contribution in [-0.4, -0.2) is 48.8 Å². The van der Waals surface area contributed by atoms with Gasteiger partial charge in [-0.15, -0.1) is 0 Å². The van der Waals surface area contributed by atoms with Gasteiger partial charge in [-0.1, -0.05) is 0 Å². The fraction of sp³-hybridized carbons (Fsp3) is 0.889. The summed E-state index contributed by atoms with van der Waals surface area (Å²) >= 11 is 0. The van der Waals surface area contributed by atoms with E-state index in [1.807, 2.05) is 0 Å². The first-order valence-electron chi connectivity index (χ1n) is 4.92. The molecule has 2 saturated heterocycles. The Bertz CT molecular complexity index is 204. The van der Waals surface area contributed by atoms with Gasteiger partial charge in [0.2, 0.25) is 0 Å². The Morgan fingerprint density at radius 1 is 1.31 bits per heavy atom. The zero-order valence-corrected chi connectivity index (χ0v) is 8.03. The number of nitrogens with zero attached hydrogens (tertiary/aromatic N) is 2. The van der Waals surface area contributed by atoms with Gasteiger partial charge in [0.15, 0.2) is 0 Å². The smallest absolute Gasteiger partial charge is 0.324 e. The molecule has 0 bridgehead atoms. The molecule has 0 aromatic carbocycles. The fourth-order valence-corrected chi connectivity index (χ4v) is 2.02. The van der Waals surface area contributed by atoms with E-state index < -0.39 is 0 Å². The largest absolute Gasteiger partial charge is 0.468 e. The van der Waals surface area contributed by atoms with Crippen LogP contribution in [0.15, 0.2) is 0 Å². The summed E-state index contributed by atoms with van der Waals surface area (Å²) in [5, 5.41) is 4.43. The van der Waals surface area contributed by atoms with Crippen LogP contribution in [-0.2, 0) is 9.53 Å². The predicted molar refractivity (Wildman–Crippen MR) is 47.9 cm³/mol. The van der Waals surface area contributed by atoms with E-state index in [0.29, 0.717) is 0 Å². The molecule has 2 aliphatic rings. The molecule has 0 N–H and O–H groups in total. The zero-order valence-electron chi connectivity index (χ0n) is 8.03. The van der Waals surface area contributed by atoms with E-state index in [9.17, 15) is 4.79 Å². The maximum atomic E-state index is 11.4. The second kappa shape index (κ2) is 3.64. The van der Waals surface area contributed by atoms with Gasteiger partial charge in [-0.05, 0) is 19.3 Å². The van der Waals surface area contributed by atoms with Crippen LogP contribution in [0.25, 0.3) is 0 Å². The van der Waals surface area contributed by atoms with E-state index in [1.165, 1.54) is 13.5 Å². The molecule has 13 heavy (non-hydrogen) atoms. The fourth-order valence-electron chi connectivity index (χ4n) is 2.02. The molecule has 0 saturated carbocycles. The Labute approximate surface area is 78.4 Å². The Balaban J connectivity index is 1.96. The van der Waals surface area contributed by atoms with E-state index in [-0.39, 0.29) is 12.0 Å². The molecule has 1 atom stereocenters. The van der Waals surface area contributed by atoms with Crippen LogP contribution in [0.2, 0.25) is 0 Å². The molecule has 2 fully saturated rings. The summed E-state index contributed by atoms with van der Waals surface area (Å²) in [5.74, 6) is -0.0793. The molecule has 2 heterocycles. The molecule has 0 radical (unpaired) electrons. The summed E-state index contributed by atoms with van der Waals surface area (Å²) in [6.07, 6.45) is 3.31. The number of hydrogen-bond acceptors (Lipinski definition) is 4. The van der Waals surface area contributed by atoms with Crippen molar-refractivity contribution >= 4 is 5.97 Å². The zero-order chi connectivity index (χ0) is 9.26. The van der Waals surface area contributed by atoms with Crippen molar-refractivity contribution in [3.8, 4) is 0 Å². The van der Waals surface area contributed by atoms with Crippen molar-refractivity contribution in [3.05, 3.63) is 0 Å². The van der Waals surface area contributed by atoms with Crippen LogP contribution in [0.1, 0.15) is 19.3 Å². The van der Waals surface area contributed by atoms with E-state index in [1.54, 1.807) is 0 Å². The highest BCUT2D eigenvalue weighted by atomic mass is 16.5. The Kier molecular flexibility index (Phi) is 2.51. The van der Waals surface area contributed by atoms with Crippen molar-refractivity contribution in [2.45, 2.75) is 25.3 Å². The van der Waals surface area contributed by atoms with Crippen molar-refractivity contribution in [1.29, 1.82) is 0 Å². The first kappa shape index (κ1) is 8.97. The molecule has 0 amide bonds. The van der Waals surface area contributed by atoms with Crippen LogP contribution < -0.4 is 0 Å². The normalized spacial score (nSPS) is 30.1. The third-order valence-corrected chi connectivity index (χ3v) is 2.89. The highest BCUT2D eigenvalue weighted by molar-refractivity contribution is 5.75. The van der Waals surface area contributed by atoms with Crippen LogP contribution in [0, 0.1) is 0 Å². The summed E-state index contributed by atoms with van der Waals surface area (Å²) in [7, 11) is 1.47. The van der Waals surface area contributed by atoms with E-state index in [0.717, 1.165) is 32.5 Å². The molecular weight excluding hydrogens is 168 g/mol. The van der Waals surface area contributed by atoms with Gasteiger partial charge < -0.3 is 4.74 Å². The Morgan fingerprint density at radius 3 is 2.62 bits per heavy atom. The van der Waals surface area contributed by atoms with Crippen molar-refractivity contribution in [1.82, 2.24) is 10.0 Å². The van der Waals surface area contributed by atoms with Crippen molar-refractivity contribution in [2.24, 2.45) is 0 Å². The number of esters is 1. The maximum Gasteiger partial charge on any atom is 0.324 e. The Hall–Kier alpha value is -0.610. The first-order chi connectivity index (χ1) is 6.33. The van der Waals surface area contributed by atoms with Crippen LogP contribution >= 0.6 is 0 Å². The second-order valence-corrected chi connectivity index (χ2v) is 3.65. The average molecular weight is 184 g/mol. The maximum absolute atomic E-state index is 11.4. The molecule has 0 aromatic heterocycles. The van der Waals surface area contributed by atoms with Gasteiger partial charge in [0.25, 0.3) is 0 Å². The number of rotatable bonds is 2. The molecule has 0 spiro atoms. The summed E-state index contributed by atoms with van der Waals surface area (Å²) in [4.78, 5) is 11.4. The molecule has 74 valence electrons. The van der Waals surface area contributed by atoms with Gasteiger partial charge in [-0.3, -0.25) is 4.79 Å². The third-order valence-electron chi connectivity index (χ3n) is 2.89. The van der Waals surface area contributed by atoms with E-state index in [2.05, 4.69) is 10.0 Å². The summed E-state index contributed by atoms with van der Waals surface area (Å²) in [6.45, 7) is 3.22. The summed E-state index contributed by atoms with van der Waals surface area (Å²) < 4.78 is 4.78.